The Morgan fingerprint density at radius 3 is 2.58 bits per heavy atom. The lowest BCUT2D eigenvalue weighted by molar-refractivity contribution is -0.385. The predicted molar refractivity (Wildman–Crippen MR) is 120 cm³/mol. The summed E-state index contributed by atoms with van der Waals surface area (Å²) in [5.74, 6) is -0.471. The number of anilines is 1. The van der Waals surface area contributed by atoms with Crippen molar-refractivity contribution in [2.75, 3.05) is 11.9 Å². The van der Waals surface area contributed by atoms with Crippen LogP contribution in [0.25, 0.3) is 11.3 Å². The first-order valence-electron chi connectivity index (χ1n) is 9.69. The summed E-state index contributed by atoms with van der Waals surface area (Å²) in [7, 11) is 0. The van der Waals surface area contributed by atoms with Crippen LogP contribution in [0.15, 0.2) is 47.8 Å². The van der Waals surface area contributed by atoms with Crippen molar-refractivity contribution in [2.24, 2.45) is 0 Å². The van der Waals surface area contributed by atoms with Gasteiger partial charge >= 0.3 is 0 Å². The highest BCUT2D eigenvalue weighted by Gasteiger charge is 2.16. The standard InChI is InChI=1S/C22H22N4O4S/c1-14-5-8-18(12-20(14)26(29)30)21(28)25-22-24-19(13-31-22)17-9-6-16(7-10-17)4-3-11-23-15(2)27/h5-10,12-13H,3-4,11H2,1-2H3,(H,23,27)(H,24,25,28). The van der Waals surface area contributed by atoms with Crippen LogP contribution in [-0.4, -0.2) is 28.3 Å². The number of hydrogen-bond donors (Lipinski definition) is 2. The summed E-state index contributed by atoms with van der Waals surface area (Å²) in [6, 6.07) is 12.4. The topological polar surface area (TPSA) is 114 Å². The smallest absolute Gasteiger partial charge is 0.273 e. The van der Waals surface area contributed by atoms with E-state index >= 15 is 0 Å². The van der Waals surface area contributed by atoms with Crippen molar-refractivity contribution in [1.82, 2.24) is 10.3 Å². The van der Waals surface area contributed by atoms with Gasteiger partial charge in [-0.05, 0) is 31.4 Å². The number of thiazole rings is 1. The Balaban J connectivity index is 1.62. The van der Waals surface area contributed by atoms with Crippen LogP contribution in [-0.2, 0) is 11.2 Å². The number of nitro benzene ring substituents is 1. The van der Waals surface area contributed by atoms with Crippen molar-refractivity contribution in [1.29, 1.82) is 0 Å². The van der Waals surface area contributed by atoms with E-state index in [1.165, 1.54) is 29.9 Å². The lowest BCUT2D eigenvalue weighted by Crippen LogP contribution is -2.21. The highest BCUT2D eigenvalue weighted by atomic mass is 32.1. The third-order valence-corrected chi connectivity index (χ3v) is 5.42. The molecule has 0 saturated heterocycles. The van der Waals surface area contributed by atoms with Gasteiger partial charge < -0.3 is 5.32 Å². The zero-order valence-corrected chi connectivity index (χ0v) is 18.0. The molecule has 0 radical (unpaired) electrons. The van der Waals surface area contributed by atoms with E-state index in [4.69, 9.17) is 0 Å². The molecule has 0 atom stereocenters. The van der Waals surface area contributed by atoms with Gasteiger partial charge in [-0.2, -0.15) is 0 Å². The summed E-state index contributed by atoms with van der Waals surface area (Å²) in [6.45, 7) is 3.78. The maximum Gasteiger partial charge on any atom is 0.273 e. The Labute approximate surface area is 183 Å². The van der Waals surface area contributed by atoms with E-state index in [0.717, 1.165) is 24.1 Å². The fourth-order valence-electron chi connectivity index (χ4n) is 2.98. The van der Waals surface area contributed by atoms with Crippen molar-refractivity contribution < 1.29 is 14.5 Å². The molecule has 0 aliphatic carbocycles. The molecule has 2 N–H and O–H groups in total. The van der Waals surface area contributed by atoms with E-state index in [-0.39, 0.29) is 17.2 Å². The minimum atomic E-state index is -0.503. The molecule has 2 aromatic carbocycles. The van der Waals surface area contributed by atoms with Crippen LogP contribution in [0.3, 0.4) is 0 Å². The number of aromatic nitrogens is 1. The number of carbonyl (C=O) groups is 2. The second-order valence-corrected chi connectivity index (χ2v) is 7.89. The van der Waals surface area contributed by atoms with Crippen LogP contribution >= 0.6 is 11.3 Å². The van der Waals surface area contributed by atoms with E-state index < -0.39 is 10.8 Å². The Kier molecular flexibility index (Phi) is 7.09. The quantitative estimate of drug-likeness (QED) is 0.308. The van der Waals surface area contributed by atoms with E-state index in [0.29, 0.717) is 17.2 Å². The van der Waals surface area contributed by atoms with Crippen LogP contribution in [0, 0.1) is 17.0 Å². The molecule has 0 fully saturated rings. The highest BCUT2D eigenvalue weighted by molar-refractivity contribution is 7.14. The molecule has 1 aromatic heterocycles. The van der Waals surface area contributed by atoms with Crippen molar-refractivity contribution in [3.8, 4) is 11.3 Å². The first kappa shape index (κ1) is 22.1. The third kappa shape index (κ3) is 5.95. The average Bonchev–Trinajstić information content (AvgIpc) is 3.20. The largest absolute Gasteiger partial charge is 0.356 e. The van der Waals surface area contributed by atoms with Gasteiger partial charge in [0.05, 0.1) is 10.6 Å². The fraction of sp³-hybridized carbons (Fsp3) is 0.227. The van der Waals surface area contributed by atoms with Gasteiger partial charge in [0.15, 0.2) is 5.13 Å². The summed E-state index contributed by atoms with van der Waals surface area (Å²) in [6.07, 6.45) is 1.73. The predicted octanol–water partition coefficient (Wildman–Crippen LogP) is 4.35. The molecule has 3 aromatic rings. The van der Waals surface area contributed by atoms with Crippen molar-refractivity contribution in [3.63, 3.8) is 0 Å². The van der Waals surface area contributed by atoms with Crippen LogP contribution in [0.2, 0.25) is 0 Å². The highest BCUT2D eigenvalue weighted by Crippen LogP contribution is 2.26. The summed E-state index contributed by atoms with van der Waals surface area (Å²) < 4.78 is 0. The number of hydrogen-bond acceptors (Lipinski definition) is 6. The second-order valence-electron chi connectivity index (χ2n) is 7.03. The summed E-state index contributed by atoms with van der Waals surface area (Å²) >= 11 is 1.29. The Morgan fingerprint density at radius 2 is 1.90 bits per heavy atom. The molecule has 0 spiro atoms. The van der Waals surface area contributed by atoms with Gasteiger partial charge in [0.2, 0.25) is 5.91 Å². The average molecular weight is 439 g/mol. The van der Waals surface area contributed by atoms with E-state index in [9.17, 15) is 19.7 Å². The van der Waals surface area contributed by atoms with Gasteiger partial charge in [-0.1, -0.05) is 30.3 Å². The van der Waals surface area contributed by atoms with Gasteiger partial charge in [-0.15, -0.1) is 11.3 Å². The zero-order valence-electron chi connectivity index (χ0n) is 17.2. The molecule has 1 heterocycles. The van der Waals surface area contributed by atoms with E-state index in [2.05, 4.69) is 15.6 Å². The molecular formula is C22H22N4O4S. The van der Waals surface area contributed by atoms with Gasteiger partial charge in [0.1, 0.15) is 0 Å². The lowest BCUT2D eigenvalue weighted by atomic mass is 10.1. The SMILES string of the molecule is CC(=O)NCCCc1ccc(-c2csc(NC(=O)c3ccc(C)c([N+](=O)[O-])c3)n2)cc1. The van der Waals surface area contributed by atoms with Crippen molar-refractivity contribution >= 4 is 34.0 Å². The number of benzene rings is 2. The number of nitro groups is 1. The van der Waals surface area contributed by atoms with E-state index in [1.807, 2.05) is 29.6 Å². The minimum Gasteiger partial charge on any atom is -0.356 e. The minimum absolute atomic E-state index is 0.0256. The molecule has 0 aliphatic rings. The van der Waals surface area contributed by atoms with E-state index in [1.54, 1.807) is 19.1 Å². The molecule has 8 nitrogen and oxygen atoms in total. The Morgan fingerprint density at radius 1 is 1.16 bits per heavy atom. The maximum atomic E-state index is 12.5. The molecule has 31 heavy (non-hydrogen) atoms. The molecule has 0 bridgehead atoms. The van der Waals surface area contributed by atoms with Crippen LogP contribution in [0.4, 0.5) is 10.8 Å². The first-order chi connectivity index (χ1) is 14.8. The van der Waals surface area contributed by atoms with Crippen LogP contribution in [0.1, 0.15) is 34.8 Å². The molecule has 3 rings (SSSR count). The number of aryl methyl sites for hydroxylation is 2. The van der Waals surface area contributed by atoms with Crippen molar-refractivity contribution in [3.05, 3.63) is 74.6 Å². The van der Waals surface area contributed by atoms with Gasteiger partial charge in [0, 0.05) is 41.6 Å². The summed E-state index contributed by atoms with van der Waals surface area (Å²) in [5, 5.41) is 18.8. The number of amides is 2. The summed E-state index contributed by atoms with van der Waals surface area (Å²) in [4.78, 5) is 38.4. The molecule has 9 heteroatoms. The number of rotatable bonds is 8. The van der Waals surface area contributed by atoms with Gasteiger partial charge in [-0.3, -0.25) is 25.0 Å². The number of nitrogens with one attached hydrogen (secondary N) is 2. The van der Waals surface area contributed by atoms with Crippen LogP contribution < -0.4 is 10.6 Å². The molecule has 160 valence electrons. The molecule has 0 aliphatic heterocycles. The Hall–Kier alpha value is -3.59. The third-order valence-electron chi connectivity index (χ3n) is 4.66. The second kappa shape index (κ2) is 9.94. The first-order valence-corrected chi connectivity index (χ1v) is 10.6. The fourth-order valence-corrected chi connectivity index (χ4v) is 3.69. The van der Waals surface area contributed by atoms with Crippen molar-refractivity contribution in [2.45, 2.75) is 26.7 Å². The molecular weight excluding hydrogens is 416 g/mol. The molecule has 0 unspecified atom stereocenters. The normalized spacial score (nSPS) is 10.5. The monoisotopic (exact) mass is 438 g/mol. The zero-order chi connectivity index (χ0) is 22.4. The maximum absolute atomic E-state index is 12.5. The molecule has 2 amide bonds. The van der Waals surface area contributed by atoms with Gasteiger partial charge in [-0.25, -0.2) is 4.98 Å². The molecule has 0 saturated carbocycles. The number of nitrogens with zero attached hydrogens (tertiary/aromatic N) is 2. The lowest BCUT2D eigenvalue weighted by Gasteiger charge is -2.04. The Bertz CT molecular complexity index is 1110. The number of carbonyl (C=O) groups excluding carboxylic acids is 2. The summed E-state index contributed by atoms with van der Waals surface area (Å²) in [5.41, 5.74) is 3.44. The van der Waals surface area contributed by atoms with Gasteiger partial charge in [0.25, 0.3) is 11.6 Å². The van der Waals surface area contributed by atoms with Crippen LogP contribution in [0.5, 0.6) is 0 Å².